The largest absolute Gasteiger partial charge is 0.352 e. The number of benzene rings is 1. The van der Waals surface area contributed by atoms with Crippen LogP contribution in [0.3, 0.4) is 0 Å². The van der Waals surface area contributed by atoms with E-state index in [4.69, 9.17) is 0 Å². The molecule has 2 aromatic rings. The molecule has 0 saturated carbocycles. The smallest absolute Gasteiger partial charge is 0.252 e. The molecule has 0 aliphatic heterocycles. The molecule has 3 nitrogen and oxygen atoms in total. The molecule has 1 N–H and O–H groups in total. The molecule has 1 aromatic carbocycles. The number of allylic oxidation sites excluding steroid dienone is 1. The molecule has 1 amide bonds. The Kier molecular flexibility index (Phi) is 5.11. The SMILES string of the molecule is Cc1cc(C(=O)NCCC2=CCCCC2)c2cc(Br)ccc2n1. The second-order valence-corrected chi connectivity index (χ2v) is 7.00. The molecule has 1 aromatic heterocycles. The number of amides is 1. The summed E-state index contributed by atoms with van der Waals surface area (Å²) in [5.41, 5.74) is 3.90. The molecular weight excluding hydrogens is 352 g/mol. The van der Waals surface area contributed by atoms with Crippen LogP contribution in [0.25, 0.3) is 10.9 Å². The summed E-state index contributed by atoms with van der Waals surface area (Å²) < 4.78 is 0.956. The number of pyridine rings is 1. The first-order valence-electron chi connectivity index (χ1n) is 8.16. The van der Waals surface area contributed by atoms with Gasteiger partial charge in [0.15, 0.2) is 0 Å². The summed E-state index contributed by atoms with van der Waals surface area (Å²) in [7, 11) is 0. The van der Waals surface area contributed by atoms with Gasteiger partial charge in [-0.15, -0.1) is 0 Å². The van der Waals surface area contributed by atoms with Crippen LogP contribution < -0.4 is 5.32 Å². The highest BCUT2D eigenvalue weighted by atomic mass is 79.9. The van der Waals surface area contributed by atoms with Gasteiger partial charge in [0.1, 0.15) is 0 Å². The van der Waals surface area contributed by atoms with Gasteiger partial charge in [0, 0.05) is 22.1 Å². The second-order valence-electron chi connectivity index (χ2n) is 6.09. The van der Waals surface area contributed by atoms with E-state index in [1.807, 2.05) is 31.2 Å². The zero-order chi connectivity index (χ0) is 16.2. The van der Waals surface area contributed by atoms with Crippen molar-refractivity contribution in [2.75, 3.05) is 6.54 Å². The summed E-state index contributed by atoms with van der Waals surface area (Å²) >= 11 is 3.47. The molecule has 3 rings (SSSR count). The topological polar surface area (TPSA) is 42.0 Å². The molecule has 0 fully saturated rings. The lowest BCUT2D eigenvalue weighted by Gasteiger charge is -2.13. The third-order valence-electron chi connectivity index (χ3n) is 4.26. The van der Waals surface area contributed by atoms with Crippen LogP contribution in [0.2, 0.25) is 0 Å². The number of fused-ring (bicyclic) bond motifs is 1. The fourth-order valence-corrected chi connectivity index (χ4v) is 3.44. The van der Waals surface area contributed by atoms with E-state index < -0.39 is 0 Å². The number of aryl methyl sites for hydroxylation is 1. The van der Waals surface area contributed by atoms with Gasteiger partial charge in [0.05, 0.1) is 11.1 Å². The third-order valence-corrected chi connectivity index (χ3v) is 4.75. The van der Waals surface area contributed by atoms with Crippen LogP contribution >= 0.6 is 15.9 Å². The first-order chi connectivity index (χ1) is 11.1. The normalized spacial score (nSPS) is 14.6. The van der Waals surface area contributed by atoms with Crippen LogP contribution in [0.1, 0.15) is 48.2 Å². The minimum Gasteiger partial charge on any atom is -0.352 e. The molecule has 1 aliphatic carbocycles. The lowest BCUT2D eigenvalue weighted by atomic mass is 9.97. The molecule has 0 bridgehead atoms. The Labute approximate surface area is 145 Å². The second kappa shape index (κ2) is 7.26. The molecule has 0 unspecified atom stereocenters. The number of carbonyl (C=O) groups excluding carboxylic acids is 1. The van der Waals surface area contributed by atoms with E-state index in [2.05, 4.69) is 32.3 Å². The van der Waals surface area contributed by atoms with E-state index in [-0.39, 0.29) is 5.91 Å². The van der Waals surface area contributed by atoms with Gasteiger partial charge in [-0.1, -0.05) is 27.6 Å². The van der Waals surface area contributed by atoms with E-state index in [1.54, 1.807) is 0 Å². The standard InChI is InChI=1S/C19H21BrN2O/c1-13-11-17(16-12-15(20)7-8-18(16)22-13)19(23)21-10-9-14-5-3-2-4-6-14/h5,7-8,11-12H,2-4,6,9-10H2,1H3,(H,21,23). The first kappa shape index (κ1) is 16.2. The van der Waals surface area contributed by atoms with Gasteiger partial charge in [0.2, 0.25) is 0 Å². The molecular formula is C19H21BrN2O. The van der Waals surface area contributed by atoms with E-state index >= 15 is 0 Å². The highest BCUT2D eigenvalue weighted by molar-refractivity contribution is 9.10. The van der Waals surface area contributed by atoms with Crippen molar-refractivity contribution in [1.82, 2.24) is 10.3 Å². The fraction of sp³-hybridized carbons (Fsp3) is 0.368. The van der Waals surface area contributed by atoms with Crippen molar-refractivity contribution in [2.24, 2.45) is 0 Å². The van der Waals surface area contributed by atoms with E-state index in [9.17, 15) is 4.79 Å². The zero-order valence-electron chi connectivity index (χ0n) is 13.4. The van der Waals surface area contributed by atoms with Crippen LogP contribution in [0, 0.1) is 6.92 Å². The van der Waals surface area contributed by atoms with Crippen molar-refractivity contribution in [2.45, 2.75) is 39.0 Å². The molecule has 1 aliphatic rings. The Morgan fingerprint density at radius 3 is 2.96 bits per heavy atom. The molecule has 120 valence electrons. The van der Waals surface area contributed by atoms with Crippen LogP contribution in [-0.4, -0.2) is 17.4 Å². The van der Waals surface area contributed by atoms with Gasteiger partial charge < -0.3 is 5.32 Å². The number of carbonyl (C=O) groups is 1. The van der Waals surface area contributed by atoms with Crippen LogP contribution in [0.15, 0.2) is 40.4 Å². The van der Waals surface area contributed by atoms with Crippen LogP contribution in [0.4, 0.5) is 0 Å². The number of hydrogen-bond donors (Lipinski definition) is 1. The van der Waals surface area contributed by atoms with E-state index in [1.165, 1.54) is 31.3 Å². The molecule has 23 heavy (non-hydrogen) atoms. The highest BCUT2D eigenvalue weighted by Crippen LogP contribution is 2.23. The molecule has 0 spiro atoms. The Balaban J connectivity index is 1.75. The summed E-state index contributed by atoms with van der Waals surface area (Å²) in [6.07, 6.45) is 8.23. The number of rotatable bonds is 4. The van der Waals surface area contributed by atoms with Crippen molar-refractivity contribution >= 4 is 32.7 Å². The minimum absolute atomic E-state index is 0.0185. The van der Waals surface area contributed by atoms with Gasteiger partial charge in [-0.25, -0.2) is 0 Å². The molecule has 1 heterocycles. The van der Waals surface area contributed by atoms with Gasteiger partial charge in [-0.2, -0.15) is 0 Å². The maximum Gasteiger partial charge on any atom is 0.252 e. The quantitative estimate of drug-likeness (QED) is 0.773. The van der Waals surface area contributed by atoms with Gasteiger partial charge in [0.25, 0.3) is 5.91 Å². The van der Waals surface area contributed by atoms with Crippen molar-refractivity contribution in [3.8, 4) is 0 Å². The molecule has 4 heteroatoms. The number of aromatic nitrogens is 1. The summed E-state index contributed by atoms with van der Waals surface area (Å²) in [6.45, 7) is 2.62. The lowest BCUT2D eigenvalue weighted by molar-refractivity contribution is 0.0955. The molecule has 0 radical (unpaired) electrons. The van der Waals surface area contributed by atoms with Crippen molar-refractivity contribution < 1.29 is 4.79 Å². The maximum absolute atomic E-state index is 12.6. The number of nitrogens with zero attached hydrogens (tertiary/aromatic N) is 1. The average molecular weight is 373 g/mol. The summed E-state index contributed by atoms with van der Waals surface area (Å²) in [5, 5.41) is 3.95. The van der Waals surface area contributed by atoms with E-state index in [0.29, 0.717) is 12.1 Å². The highest BCUT2D eigenvalue weighted by Gasteiger charge is 2.12. The Bertz CT molecular complexity index is 767. The number of hydrogen-bond acceptors (Lipinski definition) is 2. The Morgan fingerprint density at radius 1 is 1.30 bits per heavy atom. The van der Waals surface area contributed by atoms with Crippen molar-refractivity contribution in [3.63, 3.8) is 0 Å². The monoisotopic (exact) mass is 372 g/mol. The average Bonchev–Trinajstić information content (AvgIpc) is 2.55. The first-order valence-corrected chi connectivity index (χ1v) is 8.96. The summed E-state index contributed by atoms with van der Waals surface area (Å²) in [5.74, 6) is -0.0185. The van der Waals surface area contributed by atoms with E-state index in [0.717, 1.165) is 27.5 Å². The van der Waals surface area contributed by atoms with Gasteiger partial charge in [-0.05, 0) is 63.3 Å². The third kappa shape index (κ3) is 3.99. The van der Waals surface area contributed by atoms with Crippen molar-refractivity contribution in [3.05, 3.63) is 51.6 Å². The van der Waals surface area contributed by atoms with Crippen LogP contribution in [0.5, 0.6) is 0 Å². The number of nitrogens with one attached hydrogen (secondary N) is 1. The van der Waals surface area contributed by atoms with Gasteiger partial charge in [-0.3, -0.25) is 9.78 Å². The summed E-state index contributed by atoms with van der Waals surface area (Å²) in [4.78, 5) is 17.1. The van der Waals surface area contributed by atoms with Crippen LogP contribution in [-0.2, 0) is 0 Å². The number of halogens is 1. The Hall–Kier alpha value is -1.68. The molecule has 0 saturated heterocycles. The minimum atomic E-state index is -0.0185. The fourth-order valence-electron chi connectivity index (χ4n) is 3.08. The van der Waals surface area contributed by atoms with Crippen molar-refractivity contribution in [1.29, 1.82) is 0 Å². The predicted molar refractivity (Wildman–Crippen MR) is 97.7 cm³/mol. The van der Waals surface area contributed by atoms with Gasteiger partial charge >= 0.3 is 0 Å². The summed E-state index contributed by atoms with van der Waals surface area (Å²) in [6, 6.07) is 7.71. The lowest BCUT2D eigenvalue weighted by Crippen LogP contribution is -2.25. The zero-order valence-corrected chi connectivity index (χ0v) is 14.9. The maximum atomic E-state index is 12.6. The Morgan fingerprint density at radius 2 is 2.17 bits per heavy atom. The molecule has 0 atom stereocenters. The predicted octanol–water partition coefficient (Wildman–Crippen LogP) is 4.93.